The van der Waals surface area contributed by atoms with Gasteiger partial charge in [-0.25, -0.2) is 0 Å². The van der Waals surface area contributed by atoms with Gasteiger partial charge in [0, 0.05) is 37.3 Å². The van der Waals surface area contributed by atoms with Gasteiger partial charge in [-0.15, -0.1) is 0 Å². The lowest BCUT2D eigenvalue weighted by atomic mass is 10.1. The second kappa shape index (κ2) is 5.89. The highest BCUT2D eigenvalue weighted by atomic mass is 16.6. The van der Waals surface area contributed by atoms with Crippen LogP contribution in [0.25, 0.3) is 0 Å². The van der Waals surface area contributed by atoms with Gasteiger partial charge in [0.15, 0.2) is 0 Å². The van der Waals surface area contributed by atoms with Crippen molar-refractivity contribution in [3.05, 3.63) is 39.9 Å². The van der Waals surface area contributed by atoms with Gasteiger partial charge in [-0.1, -0.05) is 12.1 Å². The fourth-order valence-electron chi connectivity index (χ4n) is 2.93. The lowest BCUT2D eigenvalue weighted by Gasteiger charge is -2.15. The second-order valence-corrected chi connectivity index (χ2v) is 5.84. The first-order valence-electron chi connectivity index (χ1n) is 7.43. The molecule has 0 bridgehead atoms. The molecule has 108 valence electrons. The van der Waals surface area contributed by atoms with Gasteiger partial charge in [-0.2, -0.15) is 0 Å². The largest absolute Gasteiger partial charge is 0.312 e. The number of nitrogens with zero attached hydrogens (tertiary/aromatic N) is 2. The van der Waals surface area contributed by atoms with E-state index in [0.29, 0.717) is 6.04 Å². The SMILES string of the molecule is O=[N+]([O-])c1ccc(CCNC2CCN(C3CC3)C2)cc1. The highest BCUT2D eigenvalue weighted by Crippen LogP contribution is 2.29. The zero-order chi connectivity index (χ0) is 13.9. The molecule has 1 aliphatic heterocycles. The first-order valence-corrected chi connectivity index (χ1v) is 7.43. The van der Waals surface area contributed by atoms with Crippen molar-refractivity contribution in [2.24, 2.45) is 0 Å². The molecule has 2 fully saturated rings. The number of hydrogen-bond donors (Lipinski definition) is 1. The number of hydrogen-bond acceptors (Lipinski definition) is 4. The summed E-state index contributed by atoms with van der Waals surface area (Å²) in [6.45, 7) is 3.37. The maximum absolute atomic E-state index is 10.6. The van der Waals surface area contributed by atoms with E-state index in [1.807, 2.05) is 12.1 Å². The molecule has 1 aliphatic carbocycles. The predicted molar refractivity (Wildman–Crippen MR) is 77.8 cm³/mol. The van der Waals surface area contributed by atoms with Crippen molar-refractivity contribution in [1.29, 1.82) is 0 Å². The highest BCUT2D eigenvalue weighted by molar-refractivity contribution is 5.32. The van der Waals surface area contributed by atoms with Gasteiger partial charge in [-0.05, 0) is 37.8 Å². The number of benzene rings is 1. The van der Waals surface area contributed by atoms with E-state index in [-0.39, 0.29) is 10.6 Å². The van der Waals surface area contributed by atoms with Crippen LogP contribution in [0.2, 0.25) is 0 Å². The minimum absolute atomic E-state index is 0.164. The van der Waals surface area contributed by atoms with E-state index in [0.717, 1.165) is 24.6 Å². The number of non-ortho nitro benzene ring substituents is 1. The van der Waals surface area contributed by atoms with Crippen molar-refractivity contribution in [2.45, 2.75) is 37.8 Å². The molecule has 2 aliphatic rings. The molecule has 1 saturated carbocycles. The number of likely N-dealkylation sites (tertiary alicyclic amines) is 1. The van der Waals surface area contributed by atoms with Crippen LogP contribution in [0.4, 0.5) is 5.69 Å². The molecule has 0 aromatic heterocycles. The Bertz CT molecular complexity index is 471. The fraction of sp³-hybridized carbons (Fsp3) is 0.600. The Kier molecular flexibility index (Phi) is 3.98. The van der Waals surface area contributed by atoms with Gasteiger partial charge in [-0.3, -0.25) is 15.0 Å². The van der Waals surface area contributed by atoms with E-state index in [1.54, 1.807) is 12.1 Å². The first-order chi connectivity index (χ1) is 9.72. The van der Waals surface area contributed by atoms with Crippen molar-refractivity contribution < 1.29 is 4.92 Å². The summed E-state index contributed by atoms with van der Waals surface area (Å²) in [5.41, 5.74) is 1.32. The molecule has 1 saturated heterocycles. The Morgan fingerprint density at radius 1 is 1.25 bits per heavy atom. The van der Waals surface area contributed by atoms with Gasteiger partial charge in [0.2, 0.25) is 0 Å². The Morgan fingerprint density at radius 3 is 2.65 bits per heavy atom. The highest BCUT2D eigenvalue weighted by Gasteiger charge is 2.33. The molecule has 1 aromatic rings. The average Bonchev–Trinajstić information content (AvgIpc) is 3.20. The second-order valence-electron chi connectivity index (χ2n) is 5.84. The smallest absolute Gasteiger partial charge is 0.269 e. The summed E-state index contributed by atoms with van der Waals surface area (Å²) in [5.74, 6) is 0. The average molecular weight is 275 g/mol. The molecule has 0 amide bonds. The summed E-state index contributed by atoms with van der Waals surface area (Å²) in [6.07, 6.45) is 4.94. The molecular weight excluding hydrogens is 254 g/mol. The van der Waals surface area contributed by atoms with Crippen LogP contribution in [0.3, 0.4) is 0 Å². The van der Waals surface area contributed by atoms with Crippen molar-refractivity contribution in [3.63, 3.8) is 0 Å². The fourth-order valence-corrected chi connectivity index (χ4v) is 2.93. The van der Waals surface area contributed by atoms with Crippen LogP contribution in [-0.2, 0) is 6.42 Å². The third-order valence-electron chi connectivity index (χ3n) is 4.28. The zero-order valence-electron chi connectivity index (χ0n) is 11.6. The molecule has 1 atom stereocenters. The summed E-state index contributed by atoms with van der Waals surface area (Å²) in [5, 5.41) is 14.2. The maximum atomic E-state index is 10.6. The predicted octanol–water partition coefficient (Wildman–Crippen LogP) is 1.96. The minimum atomic E-state index is -0.354. The van der Waals surface area contributed by atoms with Crippen LogP contribution in [-0.4, -0.2) is 41.5 Å². The standard InChI is InChI=1S/C15H21N3O2/c19-18(20)15-3-1-12(2-4-15)7-9-16-13-8-10-17(11-13)14-5-6-14/h1-4,13-14,16H,5-11H2. The van der Waals surface area contributed by atoms with E-state index in [9.17, 15) is 10.1 Å². The van der Waals surface area contributed by atoms with Gasteiger partial charge >= 0.3 is 0 Å². The third-order valence-corrected chi connectivity index (χ3v) is 4.28. The molecule has 5 nitrogen and oxygen atoms in total. The quantitative estimate of drug-likeness (QED) is 0.637. The molecule has 3 rings (SSSR count). The molecule has 0 spiro atoms. The molecule has 1 aromatic carbocycles. The van der Waals surface area contributed by atoms with Crippen LogP contribution < -0.4 is 5.32 Å². The number of nitro groups is 1. The Morgan fingerprint density at radius 2 is 2.00 bits per heavy atom. The minimum Gasteiger partial charge on any atom is -0.312 e. The monoisotopic (exact) mass is 275 g/mol. The van der Waals surface area contributed by atoms with Crippen LogP contribution in [0.15, 0.2) is 24.3 Å². The summed E-state index contributed by atoms with van der Waals surface area (Å²) in [6, 6.07) is 8.36. The molecule has 0 radical (unpaired) electrons. The lowest BCUT2D eigenvalue weighted by Crippen LogP contribution is -2.34. The van der Waals surface area contributed by atoms with Crippen LogP contribution in [0.1, 0.15) is 24.8 Å². The van der Waals surface area contributed by atoms with E-state index in [2.05, 4.69) is 10.2 Å². The Hall–Kier alpha value is -1.46. The number of nitro benzene ring substituents is 1. The summed E-state index contributed by atoms with van der Waals surface area (Å²) in [7, 11) is 0. The van der Waals surface area contributed by atoms with E-state index in [4.69, 9.17) is 0 Å². The Balaban J connectivity index is 1.40. The van der Waals surface area contributed by atoms with Crippen LogP contribution in [0, 0.1) is 10.1 Å². The normalized spacial score (nSPS) is 23.1. The summed E-state index contributed by atoms with van der Waals surface area (Å²) in [4.78, 5) is 12.8. The molecule has 1 N–H and O–H groups in total. The van der Waals surface area contributed by atoms with E-state index < -0.39 is 0 Å². The summed E-state index contributed by atoms with van der Waals surface area (Å²) >= 11 is 0. The van der Waals surface area contributed by atoms with E-state index >= 15 is 0 Å². The van der Waals surface area contributed by atoms with Gasteiger partial charge in [0.05, 0.1) is 4.92 Å². The summed E-state index contributed by atoms with van der Waals surface area (Å²) < 4.78 is 0. The van der Waals surface area contributed by atoms with Crippen molar-refractivity contribution in [2.75, 3.05) is 19.6 Å². The first kappa shape index (κ1) is 13.5. The number of rotatable bonds is 6. The van der Waals surface area contributed by atoms with Gasteiger partial charge in [0.1, 0.15) is 0 Å². The van der Waals surface area contributed by atoms with Gasteiger partial charge < -0.3 is 5.32 Å². The molecule has 20 heavy (non-hydrogen) atoms. The van der Waals surface area contributed by atoms with Crippen molar-refractivity contribution >= 4 is 5.69 Å². The van der Waals surface area contributed by atoms with Crippen LogP contribution in [0.5, 0.6) is 0 Å². The topological polar surface area (TPSA) is 58.4 Å². The molecular formula is C15H21N3O2. The zero-order valence-corrected chi connectivity index (χ0v) is 11.6. The lowest BCUT2D eigenvalue weighted by molar-refractivity contribution is -0.384. The van der Waals surface area contributed by atoms with Gasteiger partial charge in [0.25, 0.3) is 5.69 Å². The van der Waals surface area contributed by atoms with Crippen molar-refractivity contribution in [1.82, 2.24) is 10.2 Å². The number of nitrogens with one attached hydrogen (secondary N) is 1. The van der Waals surface area contributed by atoms with Crippen LogP contribution >= 0.6 is 0 Å². The molecule has 1 unspecified atom stereocenters. The third kappa shape index (κ3) is 3.35. The van der Waals surface area contributed by atoms with Crippen molar-refractivity contribution in [3.8, 4) is 0 Å². The molecule has 5 heteroatoms. The van der Waals surface area contributed by atoms with E-state index in [1.165, 1.54) is 32.4 Å². The Labute approximate surface area is 119 Å². The maximum Gasteiger partial charge on any atom is 0.269 e. The molecule has 1 heterocycles.